The van der Waals surface area contributed by atoms with Gasteiger partial charge >= 0.3 is 0 Å². The normalized spacial score (nSPS) is 29.8. The zero-order chi connectivity index (χ0) is 11.7. The van der Waals surface area contributed by atoms with Gasteiger partial charge in [0.1, 0.15) is 0 Å². The Morgan fingerprint density at radius 3 is 3.18 bits per heavy atom. The van der Waals surface area contributed by atoms with Crippen LogP contribution in [0.2, 0.25) is 0 Å². The van der Waals surface area contributed by atoms with Crippen molar-refractivity contribution in [1.82, 2.24) is 0 Å². The number of rotatable bonds is 4. The molecule has 0 amide bonds. The highest BCUT2D eigenvalue weighted by atomic mass is 16.5. The minimum absolute atomic E-state index is 0.636. The number of ether oxygens (including phenoxy) is 1. The Kier molecular flexibility index (Phi) is 2.89. The molecule has 0 aliphatic heterocycles. The van der Waals surface area contributed by atoms with Crippen LogP contribution in [0.5, 0.6) is 0 Å². The van der Waals surface area contributed by atoms with Crippen molar-refractivity contribution in [2.75, 3.05) is 12.4 Å². The molecule has 0 aromatic heterocycles. The second kappa shape index (κ2) is 4.53. The number of allylic oxidation sites excluding steroid dienone is 1. The SMILES string of the molecule is COCc1cccc(NC2CC3CC=CC32)c1. The molecule has 3 rings (SSSR count). The van der Waals surface area contributed by atoms with Crippen LogP contribution in [0.4, 0.5) is 5.69 Å². The first-order chi connectivity index (χ1) is 8.36. The molecular weight excluding hydrogens is 210 g/mol. The van der Waals surface area contributed by atoms with E-state index < -0.39 is 0 Å². The van der Waals surface area contributed by atoms with E-state index >= 15 is 0 Å². The summed E-state index contributed by atoms with van der Waals surface area (Å²) in [4.78, 5) is 0. The fourth-order valence-corrected chi connectivity index (χ4v) is 3.02. The maximum atomic E-state index is 5.16. The maximum Gasteiger partial charge on any atom is 0.0713 e. The predicted octanol–water partition coefficient (Wildman–Crippen LogP) is 3.21. The van der Waals surface area contributed by atoms with E-state index in [-0.39, 0.29) is 0 Å². The van der Waals surface area contributed by atoms with Gasteiger partial charge in [0, 0.05) is 24.8 Å². The Bertz CT molecular complexity index is 427. The molecule has 0 spiro atoms. The van der Waals surface area contributed by atoms with Crippen LogP contribution in [0.15, 0.2) is 36.4 Å². The van der Waals surface area contributed by atoms with E-state index in [1.54, 1.807) is 7.11 Å². The van der Waals surface area contributed by atoms with Crippen molar-refractivity contribution in [1.29, 1.82) is 0 Å². The van der Waals surface area contributed by atoms with Gasteiger partial charge in [-0.2, -0.15) is 0 Å². The van der Waals surface area contributed by atoms with Gasteiger partial charge in [0.05, 0.1) is 6.61 Å². The predicted molar refractivity (Wildman–Crippen MR) is 69.9 cm³/mol. The summed E-state index contributed by atoms with van der Waals surface area (Å²) in [5.41, 5.74) is 2.46. The molecule has 3 unspecified atom stereocenters. The van der Waals surface area contributed by atoms with E-state index in [9.17, 15) is 0 Å². The molecule has 3 atom stereocenters. The molecule has 0 heterocycles. The molecule has 0 radical (unpaired) electrons. The summed E-state index contributed by atoms with van der Waals surface area (Å²) in [6.07, 6.45) is 7.31. The second-order valence-corrected chi connectivity index (χ2v) is 5.12. The fraction of sp³-hybridized carbons (Fsp3) is 0.467. The third-order valence-corrected chi connectivity index (χ3v) is 3.95. The minimum Gasteiger partial charge on any atom is -0.382 e. The van der Waals surface area contributed by atoms with Crippen molar-refractivity contribution in [3.05, 3.63) is 42.0 Å². The van der Waals surface area contributed by atoms with E-state index in [2.05, 4.69) is 41.7 Å². The summed E-state index contributed by atoms with van der Waals surface area (Å²) in [6.45, 7) is 0.687. The molecule has 17 heavy (non-hydrogen) atoms. The lowest BCUT2D eigenvalue weighted by Crippen LogP contribution is -2.43. The average molecular weight is 229 g/mol. The van der Waals surface area contributed by atoms with Gasteiger partial charge in [-0.25, -0.2) is 0 Å². The molecular formula is C15H19NO. The Balaban J connectivity index is 1.65. The average Bonchev–Trinajstić information content (AvgIpc) is 2.69. The molecule has 2 aliphatic carbocycles. The Labute approximate surface area is 103 Å². The highest BCUT2D eigenvalue weighted by Crippen LogP contribution is 2.44. The Morgan fingerprint density at radius 2 is 2.35 bits per heavy atom. The van der Waals surface area contributed by atoms with Crippen molar-refractivity contribution >= 4 is 5.69 Å². The van der Waals surface area contributed by atoms with Crippen molar-refractivity contribution in [3.8, 4) is 0 Å². The van der Waals surface area contributed by atoms with Crippen molar-refractivity contribution < 1.29 is 4.74 Å². The summed E-state index contributed by atoms with van der Waals surface area (Å²) >= 11 is 0. The number of nitrogens with one attached hydrogen (secondary N) is 1. The van der Waals surface area contributed by atoms with E-state index in [0.717, 1.165) is 11.8 Å². The van der Waals surface area contributed by atoms with E-state index in [1.807, 2.05) is 0 Å². The molecule has 1 aromatic carbocycles. The van der Waals surface area contributed by atoms with Gasteiger partial charge in [-0.15, -0.1) is 0 Å². The number of methoxy groups -OCH3 is 1. The number of hydrogen-bond donors (Lipinski definition) is 1. The quantitative estimate of drug-likeness (QED) is 0.800. The van der Waals surface area contributed by atoms with Gasteiger partial charge in [0.25, 0.3) is 0 Å². The summed E-state index contributed by atoms with van der Waals surface area (Å²) < 4.78 is 5.16. The molecule has 2 nitrogen and oxygen atoms in total. The molecule has 1 fully saturated rings. The van der Waals surface area contributed by atoms with Crippen LogP contribution < -0.4 is 5.32 Å². The molecule has 1 aromatic rings. The van der Waals surface area contributed by atoms with Crippen LogP contribution in [0.1, 0.15) is 18.4 Å². The van der Waals surface area contributed by atoms with Gasteiger partial charge in [0.2, 0.25) is 0 Å². The van der Waals surface area contributed by atoms with E-state index in [0.29, 0.717) is 12.6 Å². The molecule has 2 aliphatic rings. The van der Waals surface area contributed by atoms with Crippen molar-refractivity contribution in [2.45, 2.75) is 25.5 Å². The lowest BCUT2D eigenvalue weighted by molar-refractivity contribution is 0.185. The van der Waals surface area contributed by atoms with Crippen LogP contribution in [0.25, 0.3) is 0 Å². The fourth-order valence-electron chi connectivity index (χ4n) is 3.02. The molecule has 1 N–H and O–H groups in total. The highest BCUT2D eigenvalue weighted by molar-refractivity contribution is 5.47. The van der Waals surface area contributed by atoms with Crippen LogP contribution in [-0.4, -0.2) is 13.2 Å². The third-order valence-electron chi connectivity index (χ3n) is 3.95. The van der Waals surface area contributed by atoms with Gasteiger partial charge < -0.3 is 10.1 Å². The first kappa shape index (κ1) is 10.8. The minimum atomic E-state index is 0.636. The van der Waals surface area contributed by atoms with Crippen molar-refractivity contribution in [2.24, 2.45) is 11.8 Å². The lowest BCUT2D eigenvalue weighted by atomic mass is 9.71. The molecule has 0 saturated heterocycles. The molecule has 90 valence electrons. The number of hydrogen-bond acceptors (Lipinski definition) is 2. The van der Waals surface area contributed by atoms with Crippen LogP contribution in [0.3, 0.4) is 0 Å². The smallest absolute Gasteiger partial charge is 0.0713 e. The van der Waals surface area contributed by atoms with E-state index in [1.165, 1.54) is 24.1 Å². The topological polar surface area (TPSA) is 21.3 Å². The maximum absolute atomic E-state index is 5.16. The van der Waals surface area contributed by atoms with Crippen molar-refractivity contribution in [3.63, 3.8) is 0 Å². The standard InChI is InChI=1S/C15H19NO/c1-17-10-11-4-2-6-13(8-11)16-15-9-12-5-3-7-14(12)15/h2-4,6-8,12,14-16H,5,9-10H2,1H3. The van der Waals surface area contributed by atoms with Gasteiger partial charge in [-0.1, -0.05) is 24.3 Å². The van der Waals surface area contributed by atoms with Gasteiger partial charge in [0.15, 0.2) is 0 Å². The first-order valence-electron chi connectivity index (χ1n) is 6.38. The summed E-state index contributed by atoms with van der Waals surface area (Å²) in [7, 11) is 1.74. The third kappa shape index (κ3) is 2.09. The summed E-state index contributed by atoms with van der Waals surface area (Å²) in [6, 6.07) is 9.17. The molecule has 2 heteroatoms. The lowest BCUT2D eigenvalue weighted by Gasteiger charge is -2.41. The zero-order valence-corrected chi connectivity index (χ0v) is 10.2. The zero-order valence-electron chi connectivity index (χ0n) is 10.2. The molecule has 0 bridgehead atoms. The number of fused-ring (bicyclic) bond motifs is 1. The monoisotopic (exact) mass is 229 g/mol. The van der Waals surface area contributed by atoms with Gasteiger partial charge in [-0.3, -0.25) is 0 Å². The van der Waals surface area contributed by atoms with Crippen LogP contribution >= 0.6 is 0 Å². The molecule has 1 saturated carbocycles. The highest BCUT2D eigenvalue weighted by Gasteiger charge is 2.40. The summed E-state index contributed by atoms with van der Waals surface area (Å²) in [5, 5.41) is 3.64. The van der Waals surface area contributed by atoms with Crippen LogP contribution in [-0.2, 0) is 11.3 Å². The van der Waals surface area contributed by atoms with E-state index in [4.69, 9.17) is 4.74 Å². The van der Waals surface area contributed by atoms with Gasteiger partial charge in [-0.05, 0) is 36.5 Å². The van der Waals surface area contributed by atoms with Crippen LogP contribution in [0, 0.1) is 11.8 Å². The largest absolute Gasteiger partial charge is 0.382 e. The Hall–Kier alpha value is -1.28. The summed E-state index contributed by atoms with van der Waals surface area (Å²) in [5.74, 6) is 1.68. The first-order valence-corrected chi connectivity index (χ1v) is 6.38. The number of anilines is 1. The number of benzene rings is 1. The second-order valence-electron chi connectivity index (χ2n) is 5.12. The Morgan fingerprint density at radius 1 is 1.41 bits per heavy atom.